The van der Waals surface area contributed by atoms with Crippen LogP contribution >= 0.6 is 0 Å². The highest BCUT2D eigenvalue weighted by atomic mass is 16.3. The number of carbonyl (C=O) groups is 1. The molecule has 0 saturated carbocycles. The zero-order valence-electron chi connectivity index (χ0n) is 23.8. The Hall–Kier alpha value is -3.87. The molecular weight excluding hydrogens is 490 g/mol. The number of amides is 1. The molecule has 2 aromatic rings. The minimum Gasteiger partial charge on any atom is -0.508 e. The lowest BCUT2D eigenvalue weighted by Gasteiger charge is -2.28. The van der Waals surface area contributed by atoms with Gasteiger partial charge >= 0.3 is 0 Å². The Kier molecular flexibility index (Phi) is 10.5. The molecule has 1 heterocycles. The Bertz CT molecular complexity index is 1290. The van der Waals surface area contributed by atoms with Crippen LogP contribution in [-0.2, 0) is 0 Å². The molecule has 1 aliphatic heterocycles. The number of hydrogen-bond acceptors (Lipinski definition) is 6. The molecule has 39 heavy (non-hydrogen) atoms. The molecular formula is C32H41N3O4. The van der Waals surface area contributed by atoms with Gasteiger partial charge in [0.25, 0.3) is 5.91 Å². The molecule has 2 N–H and O–H groups in total. The van der Waals surface area contributed by atoms with Crippen molar-refractivity contribution < 1.29 is 15.0 Å². The summed E-state index contributed by atoms with van der Waals surface area (Å²) < 4.78 is 0. The second-order valence-electron chi connectivity index (χ2n) is 10.5. The molecule has 7 nitrogen and oxygen atoms in total. The number of phenols is 2. The molecule has 1 amide bonds. The molecule has 0 spiro atoms. The van der Waals surface area contributed by atoms with E-state index in [1.54, 1.807) is 21.9 Å². The Labute approximate surface area is 232 Å². The number of allylic oxidation sites excluding steroid dienone is 5. The van der Waals surface area contributed by atoms with Crippen molar-refractivity contribution in [2.45, 2.75) is 73.1 Å². The molecule has 0 radical (unpaired) electrons. The summed E-state index contributed by atoms with van der Waals surface area (Å²) in [5, 5.41) is 24.5. The normalized spacial score (nSPS) is 13.6. The standard InChI is InChI=1S/C32H41N3O4/c1-6-7-18-35-30-26(15-10-16-29(30)37)32(38)34(28-21-25(36)20-27(33-39)31(28)35)19-17-24(5)14-9-13-23(4)12-8-11-22(2)3/h10-11,13,15-17,20-21,36-37H,6-9,12,14,18-19H2,1-5H3/b23-13+,24-17+. The summed E-state index contributed by atoms with van der Waals surface area (Å²) in [6.45, 7) is 11.2. The summed E-state index contributed by atoms with van der Waals surface area (Å²) in [4.78, 5) is 29.2. The van der Waals surface area contributed by atoms with Crippen molar-refractivity contribution in [3.8, 4) is 11.5 Å². The van der Waals surface area contributed by atoms with Gasteiger partial charge in [-0.05, 0) is 77.1 Å². The number of carbonyl (C=O) groups excluding carboxylic acids is 1. The van der Waals surface area contributed by atoms with Crippen LogP contribution in [0.3, 0.4) is 0 Å². The van der Waals surface area contributed by atoms with E-state index in [-0.39, 0.29) is 29.6 Å². The van der Waals surface area contributed by atoms with Gasteiger partial charge in [-0.1, -0.05) is 54.4 Å². The Morgan fingerprint density at radius 2 is 1.62 bits per heavy atom. The molecule has 0 unspecified atom stereocenters. The molecule has 0 fully saturated rings. The number of unbranched alkanes of at least 4 members (excludes halogenated alkanes) is 1. The van der Waals surface area contributed by atoms with Crippen molar-refractivity contribution in [1.29, 1.82) is 0 Å². The number of para-hydroxylation sites is 1. The molecule has 0 saturated heterocycles. The fourth-order valence-corrected chi connectivity index (χ4v) is 4.80. The smallest absolute Gasteiger partial charge is 0.260 e. The highest BCUT2D eigenvalue weighted by molar-refractivity contribution is 6.16. The van der Waals surface area contributed by atoms with Gasteiger partial charge in [0.05, 0.1) is 22.6 Å². The van der Waals surface area contributed by atoms with Crippen molar-refractivity contribution in [3.05, 3.63) is 75.7 Å². The largest absolute Gasteiger partial charge is 0.508 e. The topological polar surface area (TPSA) is 93.4 Å². The number of fused-ring (bicyclic) bond motifs is 2. The maximum Gasteiger partial charge on any atom is 0.260 e. The summed E-state index contributed by atoms with van der Waals surface area (Å²) in [5.41, 5.74) is 5.33. The third kappa shape index (κ3) is 7.37. The van der Waals surface area contributed by atoms with E-state index in [2.05, 4.69) is 38.1 Å². The number of nitroso groups, excluding NO2 is 1. The van der Waals surface area contributed by atoms with Gasteiger partial charge in [-0.25, -0.2) is 0 Å². The predicted molar refractivity (Wildman–Crippen MR) is 161 cm³/mol. The average Bonchev–Trinajstić information content (AvgIpc) is 2.98. The highest BCUT2D eigenvalue weighted by Gasteiger charge is 2.34. The number of anilines is 3. The molecule has 0 bridgehead atoms. The molecule has 208 valence electrons. The molecule has 7 heteroatoms. The lowest BCUT2D eigenvalue weighted by atomic mass is 10.1. The first-order valence-electron chi connectivity index (χ1n) is 13.7. The van der Waals surface area contributed by atoms with E-state index in [0.717, 1.165) is 44.1 Å². The number of aromatic hydroxyl groups is 2. The summed E-state index contributed by atoms with van der Waals surface area (Å²) in [5.74, 6) is -0.517. The average molecular weight is 532 g/mol. The van der Waals surface area contributed by atoms with Gasteiger partial charge in [0.15, 0.2) is 0 Å². The quantitative estimate of drug-likeness (QED) is 0.211. The summed E-state index contributed by atoms with van der Waals surface area (Å²) in [6, 6.07) is 7.65. The third-order valence-corrected chi connectivity index (χ3v) is 6.95. The summed E-state index contributed by atoms with van der Waals surface area (Å²) in [7, 11) is 0. The number of rotatable bonds is 12. The van der Waals surface area contributed by atoms with Crippen molar-refractivity contribution >= 4 is 28.7 Å². The molecule has 0 aromatic heterocycles. The number of hydrogen-bond donors (Lipinski definition) is 2. The fourth-order valence-electron chi connectivity index (χ4n) is 4.80. The van der Waals surface area contributed by atoms with Gasteiger partial charge in [0.2, 0.25) is 0 Å². The van der Waals surface area contributed by atoms with Crippen LogP contribution < -0.4 is 9.80 Å². The van der Waals surface area contributed by atoms with Crippen LogP contribution in [0, 0.1) is 4.91 Å². The van der Waals surface area contributed by atoms with Crippen molar-refractivity contribution in [1.82, 2.24) is 0 Å². The molecule has 0 atom stereocenters. The van der Waals surface area contributed by atoms with Crippen LogP contribution in [0.4, 0.5) is 22.7 Å². The van der Waals surface area contributed by atoms with E-state index in [1.807, 2.05) is 19.9 Å². The number of phenolic OH excluding ortho intramolecular Hbond substituents is 2. The van der Waals surface area contributed by atoms with Gasteiger partial charge in [-0.15, -0.1) is 4.91 Å². The molecule has 1 aliphatic rings. The Balaban J connectivity index is 1.96. The fraction of sp³-hybridized carbons (Fsp3) is 0.406. The predicted octanol–water partition coefficient (Wildman–Crippen LogP) is 8.81. The van der Waals surface area contributed by atoms with Gasteiger partial charge in [0.1, 0.15) is 17.2 Å². The van der Waals surface area contributed by atoms with Crippen LogP contribution in [0.15, 0.2) is 70.5 Å². The van der Waals surface area contributed by atoms with E-state index >= 15 is 0 Å². The van der Waals surface area contributed by atoms with E-state index in [4.69, 9.17) is 0 Å². The molecule has 2 aromatic carbocycles. The zero-order valence-corrected chi connectivity index (χ0v) is 23.8. The monoisotopic (exact) mass is 531 g/mol. The van der Waals surface area contributed by atoms with Gasteiger partial charge in [-0.3, -0.25) is 4.79 Å². The summed E-state index contributed by atoms with van der Waals surface area (Å²) >= 11 is 0. The molecule has 0 aliphatic carbocycles. The van der Waals surface area contributed by atoms with Crippen molar-refractivity contribution in [2.24, 2.45) is 5.18 Å². The van der Waals surface area contributed by atoms with Gasteiger partial charge in [-0.2, -0.15) is 0 Å². The second-order valence-corrected chi connectivity index (χ2v) is 10.5. The van der Waals surface area contributed by atoms with E-state index in [1.165, 1.54) is 29.3 Å². The minimum absolute atomic E-state index is 0.0180. The van der Waals surface area contributed by atoms with E-state index in [9.17, 15) is 19.9 Å². The second kappa shape index (κ2) is 13.8. The first-order chi connectivity index (χ1) is 18.7. The number of benzene rings is 2. The number of nitrogens with zero attached hydrogens (tertiary/aromatic N) is 3. The first kappa shape index (κ1) is 29.7. The van der Waals surface area contributed by atoms with E-state index < -0.39 is 0 Å². The van der Waals surface area contributed by atoms with Gasteiger partial charge in [0, 0.05) is 25.2 Å². The van der Waals surface area contributed by atoms with Crippen LogP contribution in [0.1, 0.15) is 83.5 Å². The Morgan fingerprint density at radius 3 is 2.28 bits per heavy atom. The maximum atomic E-state index is 13.9. The van der Waals surface area contributed by atoms with Crippen LogP contribution in [0.2, 0.25) is 0 Å². The van der Waals surface area contributed by atoms with Crippen LogP contribution in [-0.4, -0.2) is 29.2 Å². The van der Waals surface area contributed by atoms with E-state index in [0.29, 0.717) is 29.2 Å². The zero-order chi connectivity index (χ0) is 28.5. The van der Waals surface area contributed by atoms with Crippen LogP contribution in [0.25, 0.3) is 0 Å². The minimum atomic E-state index is -0.317. The molecule has 3 rings (SSSR count). The van der Waals surface area contributed by atoms with Gasteiger partial charge < -0.3 is 20.0 Å². The first-order valence-corrected chi connectivity index (χ1v) is 13.7. The highest BCUT2D eigenvalue weighted by Crippen LogP contribution is 2.50. The maximum absolute atomic E-state index is 13.9. The van der Waals surface area contributed by atoms with Crippen molar-refractivity contribution in [2.75, 3.05) is 22.9 Å². The SMILES string of the molecule is CCCCN1c2c(O)cccc2C(=O)N(C/C=C(\C)CC/C=C(\C)CCC=C(C)C)c2cc(O)cc(N=O)c21. The lowest BCUT2D eigenvalue weighted by molar-refractivity contribution is 0.0990. The third-order valence-electron chi connectivity index (χ3n) is 6.95. The lowest BCUT2D eigenvalue weighted by Crippen LogP contribution is -2.30. The van der Waals surface area contributed by atoms with Crippen LogP contribution in [0.5, 0.6) is 11.5 Å². The summed E-state index contributed by atoms with van der Waals surface area (Å²) in [6.07, 6.45) is 12.0. The van der Waals surface area contributed by atoms with Crippen molar-refractivity contribution in [3.63, 3.8) is 0 Å². The Morgan fingerprint density at radius 1 is 0.923 bits per heavy atom.